The quantitative estimate of drug-likeness (QED) is 0.207. The third kappa shape index (κ3) is 10.5. The summed E-state index contributed by atoms with van der Waals surface area (Å²) in [7, 11) is 0. The Hall–Kier alpha value is -4.12. The minimum atomic E-state index is 0.106. The van der Waals surface area contributed by atoms with Crippen molar-refractivity contribution >= 4 is 35.7 Å². The summed E-state index contributed by atoms with van der Waals surface area (Å²) in [6, 6.07) is 7.06. The Kier molecular flexibility index (Phi) is 13.1. The Morgan fingerprint density at radius 3 is 2.13 bits per heavy atom. The molecule has 2 rings (SSSR count). The van der Waals surface area contributed by atoms with Crippen molar-refractivity contribution in [3.63, 3.8) is 0 Å². The van der Waals surface area contributed by atoms with Gasteiger partial charge in [0.1, 0.15) is 28.5 Å². The number of aromatic nitrogens is 2. The smallest absolute Gasteiger partial charge is 0.138 e. The first-order valence-electron chi connectivity index (χ1n) is 12.5. The predicted molar refractivity (Wildman–Crippen MR) is 157 cm³/mol. The van der Waals surface area contributed by atoms with Gasteiger partial charge in [-0.15, -0.1) is 4.91 Å². The fourth-order valence-electron chi connectivity index (χ4n) is 3.32. The van der Waals surface area contributed by atoms with Crippen molar-refractivity contribution in [3.05, 3.63) is 63.8 Å². The normalized spacial score (nSPS) is 13.0. The molecule has 11 heteroatoms. The molecule has 0 aromatic carbocycles. The molecule has 38 heavy (non-hydrogen) atoms. The molecular weight excluding hydrogens is 482 g/mol. The van der Waals surface area contributed by atoms with Crippen molar-refractivity contribution in [2.75, 3.05) is 51.5 Å². The highest BCUT2D eigenvalue weighted by Crippen LogP contribution is 2.15. The van der Waals surface area contributed by atoms with Crippen molar-refractivity contribution in [2.45, 2.75) is 27.7 Å². The molecular formula is C27H37N9O2. The molecule has 0 aliphatic rings. The lowest BCUT2D eigenvalue weighted by Crippen LogP contribution is -2.31. The third-order valence-corrected chi connectivity index (χ3v) is 5.38. The summed E-state index contributed by atoms with van der Waals surface area (Å²) in [6.07, 6.45) is 6.46. The van der Waals surface area contributed by atoms with Crippen LogP contribution in [0.2, 0.25) is 0 Å². The number of allylic oxidation sites excluding steroid dienone is 2. The Morgan fingerprint density at radius 1 is 0.947 bits per heavy atom. The lowest BCUT2D eigenvalue weighted by atomic mass is 10.3. The second kappa shape index (κ2) is 16.6. The van der Waals surface area contributed by atoms with Gasteiger partial charge in [0, 0.05) is 50.0 Å². The Balaban J connectivity index is 2.02. The average molecular weight is 520 g/mol. The van der Waals surface area contributed by atoms with E-state index in [4.69, 9.17) is 5.73 Å². The van der Waals surface area contributed by atoms with Crippen LogP contribution in [0.4, 0.5) is 11.4 Å². The first kappa shape index (κ1) is 30.1. The van der Waals surface area contributed by atoms with Crippen LogP contribution in [0.15, 0.2) is 61.2 Å². The highest BCUT2D eigenvalue weighted by Gasteiger charge is 2.06. The van der Waals surface area contributed by atoms with Crippen molar-refractivity contribution < 1.29 is 5.11 Å². The zero-order chi connectivity index (χ0) is 27.8. The summed E-state index contributed by atoms with van der Waals surface area (Å²) in [5.41, 5.74) is 10.1. The zero-order valence-corrected chi connectivity index (χ0v) is 22.6. The van der Waals surface area contributed by atoms with Gasteiger partial charge in [0.25, 0.3) is 0 Å². The van der Waals surface area contributed by atoms with E-state index in [0.29, 0.717) is 68.6 Å². The molecule has 0 bridgehead atoms. The molecule has 0 amide bonds. The van der Waals surface area contributed by atoms with E-state index >= 15 is 0 Å². The fourth-order valence-corrected chi connectivity index (χ4v) is 3.32. The number of nitrogens with zero attached hydrogens (tertiary/aromatic N) is 8. The molecule has 2 aromatic rings. The molecule has 0 radical (unpaired) electrons. The maximum absolute atomic E-state index is 11.0. The van der Waals surface area contributed by atoms with Gasteiger partial charge in [-0.1, -0.05) is 0 Å². The number of nitrogens with two attached hydrogens (primary N) is 1. The number of rotatable bonds is 15. The van der Waals surface area contributed by atoms with Gasteiger partial charge in [0.15, 0.2) is 0 Å². The summed E-state index contributed by atoms with van der Waals surface area (Å²) in [5, 5.41) is 13.0. The fraction of sp³-hybridized carbons (Fsp3) is 0.407. The molecule has 11 nitrogen and oxygen atoms in total. The first-order valence-corrected chi connectivity index (χ1v) is 12.5. The number of nitrogen functional groups attached to an aromatic ring is 1. The largest absolute Gasteiger partial charge is 0.506 e. The van der Waals surface area contributed by atoms with Gasteiger partial charge in [0.05, 0.1) is 31.5 Å². The number of hydrogen-bond acceptors (Lipinski definition) is 11. The predicted octanol–water partition coefficient (Wildman–Crippen LogP) is 3.91. The SMILES string of the molecule is C/C=C(/O)C(C=NCCN(CCN=Cc1nc(C)ccc1N)CCN=Cc1nc(C)ccc1N=O)=NCC. The number of aliphatic hydroxyl groups is 1. The Labute approximate surface area is 224 Å². The molecule has 3 N–H and O–H groups in total. The van der Waals surface area contributed by atoms with E-state index in [1.807, 2.05) is 32.9 Å². The molecule has 0 aliphatic carbocycles. The minimum absolute atomic E-state index is 0.106. The molecule has 2 heterocycles. The molecule has 202 valence electrons. The van der Waals surface area contributed by atoms with Crippen LogP contribution in [-0.4, -0.2) is 90.1 Å². The van der Waals surface area contributed by atoms with Crippen LogP contribution in [0.3, 0.4) is 0 Å². The molecule has 0 unspecified atom stereocenters. The van der Waals surface area contributed by atoms with E-state index in [9.17, 15) is 10.0 Å². The summed E-state index contributed by atoms with van der Waals surface area (Å²) in [6.45, 7) is 11.5. The number of aryl methyl sites for hydroxylation is 2. The van der Waals surface area contributed by atoms with Crippen LogP contribution in [0.25, 0.3) is 0 Å². The molecule has 0 spiro atoms. The maximum Gasteiger partial charge on any atom is 0.138 e. The Morgan fingerprint density at radius 2 is 1.53 bits per heavy atom. The number of anilines is 1. The van der Waals surface area contributed by atoms with Crippen LogP contribution in [0, 0.1) is 18.8 Å². The topological polar surface area (TPSA) is 154 Å². The van der Waals surface area contributed by atoms with E-state index in [1.54, 1.807) is 43.8 Å². The zero-order valence-electron chi connectivity index (χ0n) is 22.6. The van der Waals surface area contributed by atoms with Crippen LogP contribution >= 0.6 is 0 Å². The summed E-state index contributed by atoms with van der Waals surface area (Å²) < 4.78 is 0. The molecule has 2 aromatic heterocycles. The molecule has 0 saturated carbocycles. The second-order valence-corrected chi connectivity index (χ2v) is 8.36. The summed E-state index contributed by atoms with van der Waals surface area (Å²) in [4.78, 5) is 39.6. The average Bonchev–Trinajstić information content (AvgIpc) is 2.91. The molecule has 0 saturated heterocycles. The van der Waals surface area contributed by atoms with Crippen molar-refractivity contribution in [3.8, 4) is 0 Å². The van der Waals surface area contributed by atoms with E-state index in [-0.39, 0.29) is 11.4 Å². The van der Waals surface area contributed by atoms with E-state index in [2.05, 4.69) is 40.0 Å². The number of aliphatic imine (C=N–C) groups is 4. The molecule has 0 atom stereocenters. The lowest BCUT2D eigenvalue weighted by molar-refractivity contribution is 0.298. The first-order chi connectivity index (χ1) is 18.4. The maximum atomic E-state index is 11.0. The van der Waals surface area contributed by atoms with Gasteiger partial charge in [-0.2, -0.15) is 0 Å². The number of pyridine rings is 2. The Bertz CT molecular complexity index is 1200. The van der Waals surface area contributed by atoms with Crippen LogP contribution in [0.5, 0.6) is 0 Å². The van der Waals surface area contributed by atoms with Gasteiger partial charge in [-0.3, -0.25) is 24.9 Å². The van der Waals surface area contributed by atoms with Gasteiger partial charge >= 0.3 is 0 Å². The van der Waals surface area contributed by atoms with Gasteiger partial charge in [-0.05, 0) is 63.2 Å². The minimum Gasteiger partial charge on any atom is -0.506 e. The van der Waals surface area contributed by atoms with Gasteiger partial charge in [-0.25, -0.2) is 9.97 Å². The number of hydrogen-bond donors (Lipinski definition) is 2. The standard InChI is InChI=1S/C27H37N9O2/c1-5-27(37)26(32-6-2)19-31-13-16-36(14-11-29-17-24-22(28)9-7-20(3)33-24)15-12-30-18-25-23(35-38)10-8-21(4)34-25/h5,7-10,17-19,37H,6,11-16,28H2,1-4H3/b27-5+,29-17?,30-18?,31-19?,32-26?. The van der Waals surface area contributed by atoms with Crippen molar-refractivity contribution in [1.82, 2.24) is 14.9 Å². The van der Waals surface area contributed by atoms with Crippen molar-refractivity contribution in [1.29, 1.82) is 0 Å². The van der Waals surface area contributed by atoms with Gasteiger partial charge < -0.3 is 10.8 Å². The van der Waals surface area contributed by atoms with E-state index in [0.717, 1.165) is 11.4 Å². The van der Waals surface area contributed by atoms with Gasteiger partial charge in [0.2, 0.25) is 0 Å². The highest BCUT2D eigenvalue weighted by atomic mass is 16.3. The second-order valence-electron chi connectivity index (χ2n) is 8.36. The summed E-state index contributed by atoms with van der Waals surface area (Å²) >= 11 is 0. The highest BCUT2D eigenvalue weighted by molar-refractivity contribution is 6.37. The molecule has 0 aliphatic heterocycles. The van der Waals surface area contributed by atoms with Crippen LogP contribution in [-0.2, 0) is 0 Å². The van der Waals surface area contributed by atoms with Crippen molar-refractivity contribution in [2.24, 2.45) is 25.1 Å². The van der Waals surface area contributed by atoms with E-state index in [1.165, 1.54) is 0 Å². The number of nitroso groups, excluding NO2 is 1. The lowest BCUT2D eigenvalue weighted by Gasteiger charge is -2.19. The summed E-state index contributed by atoms with van der Waals surface area (Å²) in [5.74, 6) is 0.106. The molecule has 0 fully saturated rings. The van der Waals surface area contributed by atoms with E-state index < -0.39 is 0 Å². The third-order valence-electron chi connectivity index (χ3n) is 5.38. The number of aliphatic hydroxyl groups excluding tert-OH is 1. The van der Waals surface area contributed by atoms with Crippen LogP contribution < -0.4 is 5.73 Å². The monoisotopic (exact) mass is 519 g/mol. The van der Waals surface area contributed by atoms with Crippen LogP contribution in [0.1, 0.15) is 36.6 Å².